The van der Waals surface area contributed by atoms with Gasteiger partial charge in [0.25, 0.3) is 0 Å². The van der Waals surface area contributed by atoms with E-state index < -0.39 is 6.09 Å². The van der Waals surface area contributed by atoms with E-state index in [1.165, 1.54) is 0 Å². The predicted octanol–water partition coefficient (Wildman–Crippen LogP) is 5.14. The molecule has 7 heteroatoms. The van der Waals surface area contributed by atoms with Crippen molar-refractivity contribution >= 4 is 29.7 Å². The maximum Gasteiger partial charge on any atom is 0.411 e. The van der Waals surface area contributed by atoms with E-state index in [9.17, 15) is 14.4 Å². The summed E-state index contributed by atoms with van der Waals surface area (Å²) in [5.74, 6) is -0.0482. The molecular weight excluding hydrogens is 454 g/mol. The van der Waals surface area contributed by atoms with Gasteiger partial charge in [-0.15, -0.1) is 0 Å². The number of carbonyl (C=O) groups excluding carboxylic acids is 3. The van der Waals surface area contributed by atoms with E-state index in [-0.39, 0.29) is 12.0 Å². The van der Waals surface area contributed by atoms with Crippen molar-refractivity contribution in [3.63, 3.8) is 0 Å². The molecule has 2 amide bonds. The van der Waals surface area contributed by atoms with Gasteiger partial charge in [0.2, 0.25) is 5.91 Å². The second-order valence-corrected chi connectivity index (χ2v) is 8.85. The molecule has 1 aliphatic rings. The molecule has 1 aliphatic heterocycles. The van der Waals surface area contributed by atoms with Crippen molar-refractivity contribution in [1.29, 1.82) is 0 Å². The van der Waals surface area contributed by atoms with Gasteiger partial charge in [0, 0.05) is 43.7 Å². The molecule has 36 heavy (non-hydrogen) atoms. The molecule has 0 saturated carbocycles. The number of nitrogens with zero attached hydrogens (tertiary/aromatic N) is 1. The average Bonchev–Trinajstić information content (AvgIpc) is 2.90. The first-order chi connectivity index (χ1) is 17.6. The van der Waals surface area contributed by atoms with Gasteiger partial charge in [-0.3, -0.25) is 10.1 Å². The van der Waals surface area contributed by atoms with Gasteiger partial charge < -0.3 is 19.7 Å². The fourth-order valence-corrected chi connectivity index (χ4v) is 4.31. The first kappa shape index (κ1) is 25.1. The van der Waals surface area contributed by atoms with Crippen LogP contribution in [0.25, 0.3) is 11.1 Å². The molecule has 0 atom stereocenters. The Kier molecular flexibility index (Phi) is 8.83. The Balaban J connectivity index is 1.18. The van der Waals surface area contributed by atoms with Gasteiger partial charge in [0.15, 0.2) is 0 Å². The number of hydrogen-bond donors (Lipinski definition) is 2. The molecule has 0 aliphatic carbocycles. The minimum absolute atomic E-state index is 0.0482. The molecule has 1 fully saturated rings. The lowest BCUT2D eigenvalue weighted by atomic mass is 10.0. The van der Waals surface area contributed by atoms with Gasteiger partial charge >= 0.3 is 6.09 Å². The number of carbonyl (C=O) groups is 3. The van der Waals surface area contributed by atoms with Crippen LogP contribution in [-0.4, -0.2) is 48.9 Å². The Labute approximate surface area is 211 Å². The summed E-state index contributed by atoms with van der Waals surface area (Å²) in [6.45, 7) is 2.19. The molecular formula is C29H31N3O4. The normalized spacial score (nSPS) is 14.1. The number of anilines is 2. The van der Waals surface area contributed by atoms with E-state index in [0.29, 0.717) is 19.4 Å². The smallest absolute Gasteiger partial charge is 0.411 e. The molecule has 0 spiro atoms. The molecule has 1 saturated heterocycles. The number of likely N-dealkylation sites (tertiary alicyclic amines) is 1. The van der Waals surface area contributed by atoms with Gasteiger partial charge in [-0.25, -0.2) is 4.79 Å². The van der Waals surface area contributed by atoms with Crippen LogP contribution in [0.5, 0.6) is 0 Å². The Morgan fingerprint density at radius 2 is 1.58 bits per heavy atom. The van der Waals surface area contributed by atoms with Gasteiger partial charge in [0.05, 0.1) is 5.69 Å². The molecule has 1 heterocycles. The fraction of sp³-hybridized carbons (Fsp3) is 0.276. The zero-order valence-electron chi connectivity index (χ0n) is 20.2. The first-order valence-corrected chi connectivity index (χ1v) is 12.3. The molecule has 7 nitrogen and oxygen atoms in total. The summed E-state index contributed by atoms with van der Waals surface area (Å²) in [5, 5.41) is 5.79. The largest absolute Gasteiger partial charge is 0.446 e. The standard InChI is InChI=1S/C29H31N3O4/c33-21-17-22-10-12-24(13-11-22)30-28(34)16-20-32-18-14-25(15-19-32)36-29(35)31-27-9-5-4-8-26(27)23-6-2-1-3-7-23/h1-13,21,25H,14-20H2,(H,30,34)(H,31,35). The van der Waals surface area contributed by atoms with Gasteiger partial charge in [-0.05, 0) is 42.2 Å². The Hall–Kier alpha value is -3.97. The summed E-state index contributed by atoms with van der Waals surface area (Å²) in [6, 6.07) is 24.9. The van der Waals surface area contributed by atoms with Crippen LogP contribution in [0.1, 0.15) is 24.8 Å². The molecule has 3 aromatic carbocycles. The van der Waals surface area contributed by atoms with Gasteiger partial charge in [-0.2, -0.15) is 0 Å². The van der Waals surface area contributed by atoms with Crippen molar-refractivity contribution in [1.82, 2.24) is 4.90 Å². The second kappa shape index (κ2) is 12.7. The molecule has 4 rings (SSSR count). The molecule has 0 unspecified atom stereocenters. The summed E-state index contributed by atoms with van der Waals surface area (Å²) in [7, 11) is 0. The molecule has 3 aromatic rings. The van der Waals surface area contributed by atoms with Crippen LogP contribution in [0, 0.1) is 0 Å². The summed E-state index contributed by atoms with van der Waals surface area (Å²) in [5.41, 5.74) is 4.33. The van der Waals surface area contributed by atoms with Crippen LogP contribution >= 0.6 is 0 Å². The summed E-state index contributed by atoms with van der Waals surface area (Å²) in [6.07, 6.45) is 2.48. The number of piperidine rings is 1. The molecule has 186 valence electrons. The SMILES string of the molecule is O=CCc1ccc(NC(=O)CCN2CCC(OC(=O)Nc3ccccc3-c3ccccc3)CC2)cc1. The summed E-state index contributed by atoms with van der Waals surface area (Å²) in [4.78, 5) is 37.7. The minimum atomic E-state index is -0.449. The zero-order valence-corrected chi connectivity index (χ0v) is 20.2. The van der Waals surface area contributed by atoms with Crippen LogP contribution in [0.4, 0.5) is 16.2 Å². The molecule has 0 bridgehead atoms. The molecule has 0 aromatic heterocycles. The summed E-state index contributed by atoms with van der Waals surface area (Å²) >= 11 is 0. The monoisotopic (exact) mass is 485 g/mol. The second-order valence-electron chi connectivity index (χ2n) is 8.85. The van der Waals surface area contributed by atoms with Gasteiger partial charge in [0.1, 0.15) is 12.4 Å². The van der Waals surface area contributed by atoms with Crippen molar-refractivity contribution in [2.45, 2.75) is 31.8 Å². The number of nitrogens with one attached hydrogen (secondary N) is 2. The number of aldehydes is 1. The van der Waals surface area contributed by atoms with E-state index in [1.807, 2.05) is 78.9 Å². The maximum atomic E-state index is 12.6. The number of benzene rings is 3. The quantitative estimate of drug-likeness (QED) is 0.410. The molecule has 2 N–H and O–H groups in total. The van der Waals surface area contributed by atoms with Crippen LogP contribution in [-0.2, 0) is 20.7 Å². The van der Waals surface area contributed by atoms with Crippen LogP contribution in [0.2, 0.25) is 0 Å². The third-order valence-electron chi connectivity index (χ3n) is 6.27. The van der Waals surface area contributed by atoms with Crippen LogP contribution in [0.15, 0.2) is 78.9 Å². The Morgan fingerprint density at radius 3 is 2.31 bits per heavy atom. The lowest BCUT2D eigenvalue weighted by Crippen LogP contribution is -2.39. The highest BCUT2D eigenvalue weighted by atomic mass is 16.6. The highest BCUT2D eigenvalue weighted by Crippen LogP contribution is 2.28. The Bertz CT molecular complexity index is 1160. The van der Waals surface area contributed by atoms with Crippen molar-refractivity contribution in [3.05, 3.63) is 84.4 Å². The van der Waals surface area contributed by atoms with Crippen molar-refractivity contribution in [3.8, 4) is 11.1 Å². The highest BCUT2D eigenvalue weighted by molar-refractivity contribution is 5.92. The van der Waals surface area contributed by atoms with E-state index in [4.69, 9.17) is 4.74 Å². The lowest BCUT2D eigenvalue weighted by molar-refractivity contribution is -0.116. The number of ether oxygens (including phenoxy) is 1. The fourth-order valence-electron chi connectivity index (χ4n) is 4.31. The number of hydrogen-bond acceptors (Lipinski definition) is 5. The van der Waals surface area contributed by atoms with E-state index in [0.717, 1.165) is 60.3 Å². The predicted molar refractivity (Wildman–Crippen MR) is 141 cm³/mol. The van der Waals surface area contributed by atoms with Crippen molar-refractivity contribution < 1.29 is 19.1 Å². The highest BCUT2D eigenvalue weighted by Gasteiger charge is 2.23. The minimum Gasteiger partial charge on any atom is -0.446 e. The van der Waals surface area contributed by atoms with Crippen LogP contribution in [0.3, 0.4) is 0 Å². The van der Waals surface area contributed by atoms with Gasteiger partial charge in [-0.1, -0.05) is 60.7 Å². The maximum absolute atomic E-state index is 12.6. The zero-order chi connectivity index (χ0) is 25.2. The van der Waals surface area contributed by atoms with E-state index >= 15 is 0 Å². The number of para-hydroxylation sites is 1. The Morgan fingerprint density at radius 1 is 0.889 bits per heavy atom. The van der Waals surface area contributed by atoms with E-state index in [2.05, 4.69) is 15.5 Å². The van der Waals surface area contributed by atoms with Crippen molar-refractivity contribution in [2.75, 3.05) is 30.3 Å². The van der Waals surface area contributed by atoms with E-state index in [1.54, 1.807) is 0 Å². The topological polar surface area (TPSA) is 87.7 Å². The summed E-state index contributed by atoms with van der Waals surface area (Å²) < 4.78 is 5.69. The average molecular weight is 486 g/mol. The first-order valence-electron chi connectivity index (χ1n) is 12.3. The number of amides is 2. The van der Waals surface area contributed by atoms with Crippen LogP contribution < -0.4 is 10.6 Å². The third kappa shape index (κ3) is 7.26. The lowest BCUT2D eigenvalue weighted by Gasteiger charge is -2.31. The third-order valence-corrected chi connectivity index (χ3v) is 6.27. The number of rotatable bonds is 9. The van der Waals surface area contributed by atoms with Crippen molar-refractivity contribution in [2.24, 2.45) is 0 Å². The molecule has 0 radical (unpaired) electrons.